The van der Waals surface area contributed by atoms with Crippen molar-refractivity contribution in [3.8, 4) is 0 Å². The van der Waals surface area contributed by atoms with Crippen molar-refractivity contribution >= 4 is 17.7 Å². The number of carbonyl (C=O) groups is 3. The van der Waals surface area contributed by atoms with Gasteiger partial charge in [0.25, 0.3) is 0 Å². The van der Waals surface area contributed by atoms with Gasteiger partial charge in [-0.15, -0.1) is 0 Å². The summed E-state index contributed by atoms with van der Waals surface area (Å²) in [7, 11) is 2.26. The molecule has 0 bridgehead atoms. The summed E-state index contributed by atoms with van der Waals surface area (Å²) in [5.74, 6) is -0.515. The lowest BCUT2D eigenvalue weighted by molar-refractivity contribution is -0.310. The number of methoxy groups -OCH3 is 2. The normalized spacial score (nSPS) is 50.4. The Morgan fingerprint density at radius 3 is 1.84 bits per heavy atom. The van der Waals surface area contributed by atoms with Gasteiger partial charge in [0.15, 0.2) is 30.6 Å². The molecule has 0 aromatic carbocycles. The zero-order chi connectivity index (χ0) is 36.3. The lowest BCUT2D eigenvalue weighted by Gasteiger charge is -2.61. The van der Waals surface area contributed by atoms with Crippen LogP contribution in [-0.2, 0) is 42.8 Å². The van der Waals surface area contributed by atoms with Crippen molar-refractivity contribution in [1.29, 1.82) is 0 Å². The summed E-state index contributed by atoms with van der Waals surface area (Å²) in [6.45, 7) is 4.22. The molecule has 0 aromatic heterocycles. The summed E-state index contributed by atoms with van der Waals surface area (Å²) < 4.78 is 32.2. The van der Waals surface area contributed by atoms with Crippen LogP contribution in [0.25, 0.3) is 0 Å². The third kappa shape index (κ3) is 6.43. The van der Waals surface area contributed by atoms with E-state index in [4.69, 9.17) is 23.7 Å². The highest BCUT2D eigenvalue weighted by atomic mass is 16.7. The van der Waals surface area contributed by atoms with Gasteiger partial charge in [0.2, 0.25) is 0 Å². The molecule has 15 nitrogen and oxygen atoms in total. The van der Waals surface area contributed by atoms with Gasteiger partial charge in [-0.25, -0.2) is 9.59 Å². The smallest absolute Gasteiger partial charge is 0.337 e. The van der Waals surface area contributed by atoms with E-state index < -0.39 is 73.4 Å². The molecule has 284 valence electrons. The Kier molecular flexibility index (Phi) is 11.1. The highest BCUT2D eigenvalue weighted by Gasteiger charge is 2.62. The predicted octanol–water partition coefficient (Wildman–Crippen LogP) is -0.423. The van der Waals surface area contributed by atoms with Gasteiger partial charge < -0.3 is 59.1 Å². The monoisotopic (exact) mass is 714 g/mol. The number of ketones is 1. The van der Waals surface area contributed by atoms with E-state index in [1.165, 1.54) is 0 Å². The number of aliphatic hydroxyl groups excluding tert-OH is 6. The number of carbonyl (C=O) groups excluding carboxylic acids is 3. The van der Waals surface area contributed by atoms with E-state index in [0.717, 1.165) is 65.6 Å². The minimum atomic E-state index is -1.72. The van der Waals surface area contributed by atoms with Crippen LogP contribution in [0, 0.1) is 40.4 Å². The maximum absolute atomic E-state index is 13.7. The van der Waals surface area contributed by atoms with E-state index >= 15 is 0 Å². The Balaban J connectivity index is 1.06. The quantitative estimate of drug-likeness (QED) is 0.139. The summed E-state index contributed by atoms with van der Waals surface area (Å²) >= 11 is 0. The molecule has 2 aliphatic heterocycles. The van der Waals surface area contributed by atoms with E-state index in [1.54, 1.807) is 0 Å². The van der Waals surface area contributed by atoms with Crippen molar-refractivity contribution in [2.45, 2.75) is 139 Å². The number of ether oxygens (including phenoxy) is 6. The number of Topliss-reactive ketones (excluding diaryl/α,β-unsaturated/α-hetero) is 1. The predicted molar refractivity (Wildman–Crippen MR) is 168 cm³/mol. The first-order chi connectivity index (χ1) is 23.7. The molecule has 2 saturated heterocycles. The first-order valence-electron chi connectivity index (χ1n) is 18.0. The van der Waals surface area contributed by atoms with Gasteiger partial charge in [-0.3, -0.25) is 4.79 Å². The topological polar surface area (TPSA) is 228 Å². The first kappa shape index (κ1) is 38.0. The van der Waals surface area contributed by atoms with Gasteiger partial charge in [0.05, 0.1) is 20.3 Å². The standard InChI is InChI=1S/C35H54O15/c1-34-11-9-16(48-33-27(42)23(38)25(40)29(50-33)31(44)46-4)13-15(34)5-6-17-18-7-8-20(35(18,2)12-10-19(17)34)21(36)14-47-32-26(41)22(37)24(39)28(49-32)30(43)45-3/h15-20,22-29,32-33,37-42H,5-14H2,1-4H3. The van der Waals surface area contributed by atoms with Crippen LogP contribution in [0.1, 0.15) is 71.6 Å². The maximum atomic E-state index is 13.7. The highest BCUT2D eigenvalue weighted by molar-refractivity contribution is 5.83. The number of hydrogen-bond acceptors (Lipinski definition) is 15. The van der Waals surface area contributed by atoms with Crippen molar-refractivity contribution in [1.82, 2.24) is 0 Å². The lowest BCUT2D eigenvalue weighted by Crippen LogP contribution is -2.61. The Morgan fingerprint density at radius 1 is 0.660 bits per heavy atom. The van der Waals surface area contributed by atoms with Crippen LogP contribution >= 0.6 is 0 Å². The van der Waals surface area contributed by atoms with E-state index in [-0.39, 0.29) is 35.2 Å². The van der Waals surface area contributed by atoms with Crippen molar-refractivity contribution in [2.75, 3.05) is 20.8 Å². The fourth-order valence-electron chi connectivity index (χ4n) is 10.9. The molecule has 6 aliphatic rings. The zero-order valence-electron chi connectivity index (χ0n) is 29.2. The van der Waals surface area contributed by atoms with Crippen LogP contribution in [0.2, 0.25) is 0 Å². The molecule has 0 amide bonds. The molecule has 6 N–H and O–H groups in total. The van der Waals surface area contributed by atoms with Gasteiger partial charge in [-0.05, 0) is 92.3 Å². The fraction of sp³-hybridized carbons (Fsp3) is 0.914. The second-order valence-electron chi connectivity index (χ2n) is 16.0. The van der Waals surface area contributed by atoms with Crippen molar-refractivity contribution in [3.63, 3.8) is 0 Å². The Labute approximate surface area is 291 Å². The summed E-state index contributed by atoms with van der Waals surface area (Å²) in [5, 5.41) is 62.1. The number of hydrogen-bond donors (Lipinski definition) is 6. The molecule has 0 spiro atoms. The van der Waals surface area contributed by atoms with E-state index in [2.05, 4.69) is 18.6 Å². The molecule has 4 saturated carbocycles. The van der Waals surface area contributed by atoms with Gasteiger partial charge in [-0.2, -0.15) is 0 Å². The molecule has 18 atom stereocenters. The van der Waals surface area contributed by atoms with Gasteiger partial charge in [0.1, 0.15) is 43.2 Å². The molecule has 0 aromatic rings. The zero-order valence-corrected chi connectivity index (χ0v) is 29.2. The molecule has 2 heterocycles. The van der Waals surface area contributed by atoms with Crippen LogP contribution in [-0.4, -0.2) is 137 Å². The molecule has 6 fully saturated rings. The lowest BCUT2D eigenvalue weighted by atomic mass is 9.44. The molecule has 4 aliphatic carbocycles. The molecule has 18 unspecified atom stereocenters. The number of rotatable bonds is 8. The van der Waals surface area contributed by atoms with Crippen molar-refractivity contribution in [3.05, 3.63) is 0 Å². The summed E-state index contributed by atoms with van der Waals surface area (Å²) in [6.07, 6.45) is -8.08. The van der Waals surface area contributed by atoms with Crippen LogP contribution in [0.15, 0.2) is 0 Å². The Bertz CT molecular complexity index is 1260. The summed E-state index contributed by atoms with van der Waals surface area (Å²) in [6, 6.07) is 0. The molecule has 6 rings (SSSR count). The van der Waals surface area contributed by atoms with E-state index in [0.29, 0.717) is 30.1 Å². The average Bonchev–Trinajstić information content (AvgIpc) is 3.47. The molecule has 50 heavy (non-hydrogen) atoms. The van der Waals surface area contributed by atoms with E-state index in [1.807, 2.05) is 0 Å². The third-order valence-corrected chi connectivity index (χ3v) is 13.7. The second-order valence-corrected chi connectivity index (χ2v) is 16.0. The average molecular weight is 715 g/mol. The van der Waals surface area contributed by atoms with Gasteiger partial charge in [0, 0.05) is 5.92 Å². The van der Waals surface area contributed by atoms with Crippen LogP contribution < -0.4 is 0 Å². The minimum Gasteiger partial charge on any atom is -0.467 e. The number of aliphatic hydroxyl groups is 6. The van der Waals surface area contributed by atoms with Crippen LogP contribution in [0.5, 0.6) is 0 Å². The Hall–Kier alpha value is -1.79. The number of fused-ring (bicyclic) bond motifs is 5. The third-order valence-electron chi connectivity index (χ3n) is 13.7. The second kappa shape index (κ2) is 14.6. The largest absolute Gasteiger partial charge is 0.467 e. The fourth-order valence-corrected chi connectivity index (χ4v) is 10.9. The molecule has 15 heteroatoms. The van der Waals surface area contributed by atoms with E-state index in [9.17, 15) is 45.0 Å². The summed E-state index contributed by atoms with van der Waals surface area (Å²) in [4.78, 5) is 37.9. The Morgan fingerprint density at radius 2 is 1.22 bits per heavy atom. The maximum Gasteiger partial charge on any atom is 0.337 e. The molecule has 0 radical (unpaired) electrons. The first-order valence-corrected chi connectivity index (χ1v) is 18.0. The molecular weight excluding hydrogens is 660 g/mol. The van der Waals surface area contributed by atoms with Gasteiger partial charge >= 0.3 is 11.9 Å². The number of esters is 2. The SMILES string of the molecule is COC(=O)C1OC(OCC(=O)C2CCC3C4CCC5CC(OC6OC(C(=O)OC)C(O)C(O)C6O)CCC5(C)C4CCC23C)C(O)C(O)C1O. The van der Waals surface area contributed by atoms with Crippen LogP contribution in [0.3, 0.4) is 0 Å². The highest BCUT2D eigenvalue weighted by Crippen LogP contribution is 2.67. The molecular formula is C35H54O15. The van der Waals surface area contributed by atoms with Crippen molar-refractivity contribution in [2.24, 2.45) is 40.4 Å². The minimum absolute atomic E-state index is 0.0572. The van der Waals surface area contributed by atoms with Crippen molar-refractivity contribution < 1.29 is 73.4 Å². The van der Waals surface area contributed by atoms with Crippen LogP contribution in [0.4, 0.5) is 0 Å². The summed E-state index contributed by atoms with van der Waals surface area (Å²) in [5.41, 5.74) is -0.168. The van der Waals surface area contributed by atoms with Gasteiger partial charge in [-0.1, -0.05) is 13.8 Å².